The second-order valence-electron chi connectivity index (χ2n) is 1.70. The van der Waals surface area contributed by atoms with Crippen LogP contribution in [0.5, 0.6) is 0 Å². The quantitative estimate of drug-likeness (QED) is 0.343. The van der Waals surface area contributed by atoms with Crippen LogP contribution in [0.3, 0.4) is 0 Å². The molecule has 0 aromatic rings. The van der Waals surface area contributed by atoms with Crippen LogP contribution in [-0.4, -0.2) is 10.9 Å². The predicted molar refractivity (Wildman–Crippen MR) is 23.0 cm³/mol. The summed E-state index contributed by atoms with van der Waals surface area (Å²) in [5.41, 5.74) is 0.940. The van der Waals surface area contributed by atoms with Crippen LogP contribution >= 0.6 is 0 Å². The summed E-state index contributed by atoms with van der Waals surface area (Å²) in [4.78, 5) is 0. The minimum atomic E-state index is 0.565. The van der Waals surface area contributed by atoms with Crippen LogP contribution in [0.2, 0.25) is 0 Å². The molecule has 0 bridgehead atoms. The Bertz CT molecular complexity index is 87.5. The maximum atomic E-state index is 7.96. The van der Waals surface area contributed by atoms with Crippen molar-refractivity contribution < 1.29 is 5.21 Å². The first kappa shape index (κ1) is 3.65. The van der Waals surface area contributed by atoms with E-state index in [1.54, 1.807) is 0 Å². The summed E-state index contributed by atoms with van der Waals surface area (Å²) in [5, 5.41) is 11.0. The summed E-state index contributed by atoms with van der Waals surface area (Å²) >= 11 is 0. The van der Waals surface area contributed by atoms with Gasteiger partial charge in [-0.25, -0.2) is 0 Å². The van der Waals surface area contributed by atoms with E-state index in [4.69, 9.17) is 5.21 Å². The Morgan fingerprint density at radius 1 is 2.00 bits per heavy atom. The Morgan fingerprint density at radius 2 is 2.50 bits per heavy atom. The molecule has 1 aliphatic rings. The summed E-state index contributed by atoms with van der Waals surface area (Å²) in [5.74, 6) is 0.565. The second-order valence-corrected chi connectivity index (χ2v) is 1.70. The first-order valence-corrected chi connectivity index (χ1v) is 2.05. The van der Waals surface area contributed by atoms with E-state index in [1.165, 1.54) is 0 Å². The van der Waals surface area contributed by atoms with Gasteiger partial charge in [-0.3, -0.25) is 0 Å². The standard InChI is InChI=1S/C4H7NO/c1-3-2-4(3)5-6/h3,6H,2H2,1H3/b5-4+. The third kappa shape index (κ3) is 0.379. The van der Waals surface area contributed by atoms with Crippen molar-refractivity contribution in [2.45, 2.75) is 13.3 Å². The van der Waals surface area contributed by atoms with Crippen molar-refractivity contribution >= 4 is 5.71 Å². The maximum absolute atomic E-state index is 7.96. The van der Waals surface area contributed by atoms with Gasteiger partial charge >= 0.3 is 0 Å². The molecule has 1 aliphatic carbocycles. The first-order chi connectivity index (χ1) is 2.84. The zero-order valence-electron chi connectivity index (χ0n) is 3.68. The molecule has 0 radical (unpaired) electrons. The fourth-order valence-corrected chi connectivity index (χ4v) is 0.394. The van der Waals surface area contributed by atoms with Gasteiger partial charge in [0.1, 0.15) is 0 Å². The monoisotopic (exact) mass is 85.1 g/mol. The van der Waals surface area contributed by atoms with E-state index in [0.29, 0.717) is 5.92 Å². The smallest absolute Gasteiger partial charge is 0.0609 e. The van der Waals surface area contributed by atoms with Crippen molar-refractivity contribution in [3.8, 4) is 0 Å². The fourth-order valence-electron chi connectivity index (χ4n) is 0.394. The highest BCUT2D eigenvalue weighted by atomic mass is 16.4. The van der Waals surface area contributed by atoms with Gasteiger partial charge in [0.25, 0.3) is 0 Å². The van der Waals surface area contributed by atoms with Gasteiger partial charge in [0, 0.05) is 5.92 Å². The molecular formula is C4H7NO. The zero-order valence-corrected chi connectivity index (χ0v) is 3.68. The van der Waals surface area contributed by atoms with Gasteiger partial charge in [0.15, 0.2) is 0 Å². The molecule has 1 N–H and O–H groups in total. The van der Waals surface area contributed by atoms with Crippen LogP contribution in [0.4, 0.5) is 0 Å². The lowest BCUT2D eigenvalue weighted by Gasteiger charge is -1.63. The third-order valence-electron chi connectivity index (χ3n) is 1.05. The average Bonchev–Trinajstić information content (AvgIpc) is 2.19. The molecule has 2 heteroatoms. The van der Waals surface area contributed by atoms with Gasteiger partial charge in [0.2, 0.25) is 0 Å². The molecule has 0 saturated heterocycles. The Kier molecular flexibility index (Phi) is 0.587. The molecule has 0 spiro atoms. The minimum absolute atomic E-state index is 0.565. The molecule has 0 amide bonds. The summed E-state index contributed by atoms with van der Waals surface area (Å²) in [6.45, 7) is 2.04. The van der Waals surface area contributed by atoms with Crippen LogP contribution in [0.15, 0.2) is 5.16 Å². The van der Waals surface area contributed by atoms with Crippen LogP contribution < -0.4 is 0 Å². The number of hydrogen-bond acceptors (Lipinski definition) is 2. The molecule has 6 heavy (non-hydrogen) atoms. The van der Waals surface area contributed by atoms with Crippen molar-refractivity contribution in [2.24, 2.45) is 11.1 Å². The number of nitrogens with zero attached hydrogens (tertiary/aromatic N) is 1. The maximum Gasteiger partial charge on any atom is 0.0609 e. The van der Waals surface area contributed by atoms with Crippen LogP contribution in [0.1, 0.15) is 13.3 Å². The zero-order chi connectivity index (χ0) is 4.57. The molecule has 2 nitrogen and oxygen atoms in total. The topological polar surface area (TPSA) is 32.6 Å². The minimum Gasteiger partial charge on any atom is -0.411 e. The van der Waals surface area contributed by atoms with Crippen molar-refractivity contribution in [1.82, 2.24) is 0 Å². The largest absolute Gasteiger partial charge is 0.411 e. The van der Waals surface area contributed by atoms with Gasteiger partial charge in [-0.1, -0.05) is 12.1 Å². The van der Waals surface area contributed by atoms with E-state index in [-0.39, 0.29) is 0 Å². The summed E-state index contributed by atoms with van der Waals surface area (Å²) < 4.78 is 0. The lowest BCUT2D eigenvalue weighted by molar-refractivity contribution is 0.320. The summed E-state index contributed by atoms with van der Waals surface area (Å²) in [7, 11) is 0. The van der Waals surface area contributed by atoms with Crippen LogP contribution in [0.25, 0.3) is 0 Å². The Labute approximate surface area is 36.5 Å². The number of oxime groups is 1. The molecule has 34 valence electrons. The molecule has 1 unspecified atom stereocenters. The lowest BCUT2D eigenvalue weighted by Crippen LogP contribution is -1.65. The van der Waals surface area contributed by atoms with E-state index >= 15 is 0 Å². The average molecular weight is 85.1 g/mol. The Balaban J connectivity index is 2.44. The summed E-state index contributed by atoms with van der Waals surface area (Å²) in [6.07, 6.45) is 0.997. The van der Waals surface area contributed by atoms with Crippen molar-refractivity contribution in [3.63, 3.8) is 0 Å². The number of rotatable bonds is 0. The van der Waals surface area contributed by atoms with E-state index < -0.39 is 0 Å². The summed E-state index contributed by atoms with van der Waals surface area (Å²) in [6, 6.07) is 0. The van der Waals surface area contributed by atoms with Gasteiger partial charge in [-0.05, 0) is 6.42 Å². The van der Waals surface area contributed by atoms with Crippen molar-refractivity contribution in [1.29, 1.82) is 0 Å². The normalized spacial score (nSPS) is 37.5. The first-order valence-electron chi connectivity index (χ1n) is 2.05. The molecule has 0 aliphatic heterocycles. The molecule has 1 atom stereocenters. The van der Waals surface area contributed by atoms with Crippen molar-refractivity contribution in [2.75, 3.05) is 0 Å². The lowest BCUT2D eigenvalue weighted by atomic mass is 10.5. The molecule has 0 heterocycles. The van der Waals surface area contributed by atoms with Gasteiger partial charge in [0.05, 0.1) is 5.71 Å². The van der Waals surface area contributed by atoms with Gasteiger partial charge in [-0.15, -0.1) is 0 Å². The highest BCUT2D eigenvalue weighted by molar-refractivity contribution is 6.00. The van der Waals surface area contributed by atoms with Gasteiger partial charge < -0.3 is 5.21 Å². The van der Waals surface area contributed by atoms with E-state index in [2.05, 4.69) is 5.16 Å². The molecule has 1 fully saturated rings. The second kappa shape index (κ2) is 0.965. The Morgan fingerprint density at radius 3 is 2.50 bits per heavy atom. The van der Waals surface area contributed by atoms with Crippen LogP contribution in [0, 0.1) is 5.92 Å². The fraction of sp³-hybridized carbons (Fsp3) is 0.750. The predicted octanol–water partition coefficient (Wildman–Crippen LogP) is 0.856. The molecule has 1 saturated carbocycles. The molecular weight excluding hydrogens is 78.0 g/mol. The number of hydrogen-bond donors (Lipinski definition) is 1. The highest BCUT2D eigenvalue weighted by Crippen LogP contribution is 2.23. The van der Waals surface area contributed by atoms with E-state index in [0.717, 1.165) is 12.1 Å². The molecule has 1 rings (SSSR count). The van der Waals surface area contributed by atoms with Crippen LogP contribution in [-0.2, 0) is 0 Å². The third-order valence-corrected chi connectivity index (χ3v) is 1.05. The van der Waals surface area contributed by atoms with Crippen molar-refractivity contribution in [3.05, 3.63) is 0 Å². The highest BCUT2D eigenvalue weighted by Gasteiger charge is 2.26. The molecule has 0 aromatic carbocycles. The van der Waals surface area contributed by atoms with E-state index in [9.17, 15) is 0 Å². The molecule has 0 aromatic heterocycles. The van der Waals surface area contributed by atoms with Gasteiger partial charge in [-0.2, -0.15) is 0 Å². The Hall–Kier alpha value is -0.530. The van der Waals surface area contributed by atoms with E-state index in [1.807, 2.05) is 6.92 Å². The SMILES string of the molecule is CC1C/C1=N\O.